The van der Waals surface area contributed by atoms with Crippen LogP contribution in [0.2, 0.25) is 65.0 Å². The molecule has 3 fully saturated rings. The van der Waals surface area contributed by atoms with Crippen LogP contribution in [-0.4, -0.2) is 71.0 Å². The largest absolute Gasteiger partial charge is 0.469 e. The van der Waals surface area contributed by atoms with Crippen LogP contribution in [0.15, 0.2) is 0 Å². The second kappa shape index (κ2) is 15.5. The third-order valence-electron chi connectivity index (χ3n) is 9.53. The minimum absolute atomic E-state index is 0.0112. The van der Waals surface area contributed by atoms with E-state index in [1.807, 2.05) is 41.5 Å². The van der Waals surface area contributed by atoms with Crippen LogP contribution in [0.25, 0.3) is 0 Å². The lowest BCUT2D eigenvalue weighted by atomic mass is 9.72. The summed E-state index contributed by atoms with van der Waals surface area (Å²) in [7, 11) is -8.42. The molecular weight excluding hydrogens is 679 g/mol. The lowest BCUT2D eigenvalue weighted by molar-refractivity contribution is -0.158. The fourth-order valence-corrected chi connectivity index (χ4v) is 21.1. The molecule has 0 N–H and O–H groups in total. The standard InChI is InChI=1S/C18H44O5Si4.C16H21NO4/c1-13-18(2,3)17(19)20-15-14-16-27(21-24(4,5)6,22-25(7,8)9)23-26(10,11)12;1-4-15(2,3)13(18)20-7-10-9-5-11-12(10)21-14(19)16(11,6-9)8-17/h13-16H2,1-12H3;9-12H,4-7H2,1-3H3. The van der Waals surface area contributed by atoms with Gasteiger partial charge in [-0.15, -0.1) is 0 Å². The lowest BCUT2D eigenvalue weighted by Crippen LogP contribution is -2.60. The van der Waals surface area contributed by atoms with Crippen LogP contribution < -0.4 is 0 Å². The van der Waals surface area contributed by atoms with Crippen LogP contribution in [0, 0.1) is 45.3 Å². The fourth-order valence-electron chi connectivity index (χ4n) is 6.44. The monoisotopic (exact) mass is 743 g/mol. The van der Waals surface area contributed by atoms with Gasteiger partial charge in [-0.25, -0.2) is 0 Å². The van der Waals surface area contributed by atoms with Crippen molar-refractivity contribution >= 4 is 51.7 Å². The molecule has 1 saturated heterocycles. The molecule has 0 amide bonds. The molecule has 3 aliphatic rings. The summed E-state index contributed by atoms with van der Waals surface area (Å²) in [5.41, 5.74) is -1.84. The first kappa shape index (κ1) is 42.8. The van der Waals surface area contributed by atoms with Crippen molar-refractivity contribution in [2.45, 2.75) is 145 Å². The summed E-state index contributed by atoms with van der Waals surface area (Å²) in [4.78, 5) is 36.3. The van der Waals surface area contributed by atoms with Gasteiger partial charge in [-0.2, -0.15) is 5.26 Å². The minimum Gasteiger partial charge on any atom is -0.465 e. The molecular formula is C34H65NO9Si4. The van der Waals surface area contributed by atoms with E-state index in [0.717, 1.165) is 19.3 Å². The Balaban J connectivity index is 0.000000341. The molecule has 0 aromatic heterocycles. The van der Waals surface area contributed by atoms with Gasteiger partial charge in [-0.3, -0.25) is 14.4 Å². The highest BCUT2D eigenvalue weighted by Gasteiger charge is 2.71. The van der Waals surface area contributed by atoms with Crippen molar-refractivity contribution < 1.29 is 40.9 Å². The molecule has 1 heterocycles. The SMILES string of the molecule is CCC(C)(C)C(=O)OCC1C2CC3C1OC(=O)C3(C#N)C2.CCC(C)(C)C(=O)OCCC[Si](O[Si](C)(C)C)(O[Si](C)(C)C)O[Si](C)(C)C. The number of rotatable bonds is 16. The van der Waals surface area contributed by atoms with Gasteiger partial charge in [-0.1, -0.05) is 13.8 Å². The van der Waals surface area contributed by atoms with E-state index in [1.165, 1.54) is 0 Å². The van der Waals surface area contributed by atoms with Gasteiger partial charge in [0.2, 0.25) is 0 Å². The zero-order chi connectivity index (χ0) is 37.1. The smallest absolute Gasteiger partial charge is 0.465 e. The van der Waals surface area contributed by atoms with Crippen molar-refractivity contribution in [3.05, 3.63) is 0 Å². The van der Waals surface area contributed by atoms with Crippen molar-refractivity contribution in [2.24, 2.45) is 34.0 Å². The van der Waals surface area contributed by atoms with Crippen molar-refractivity contribution in [3.8, 4) is 6.07 Å². The molecule has 2 aliphatic carbocycles. The molecule has 0 aromatic rings. The van der Waals surface area contributed by atoms with Gasteiger partial charge in [0.25, 0.3) is 0 Å². The van der Waals surface area contributed by atoms with E-state index in [0.29, 0.717) is 32.1 Å². The van der Waals surface area contributed by atoms with Crippen molar-refractivity contribution in [3.63, 3.8) is 0 Å². The Morgan fingerprint density at radius 2 is 1.31 bits per heavy atom. The number of nitriles is 1. The maximum atomic E-state index is 12.2. The van der Waals surface area contributed by atoms with Gasteiger partial charge in [0.05, 0.1) is 30.1 Å². The van der Waals surface area contributed by atoms with E-state index >= 15 is 0 Å². The zero-order valence-electron chi connectivity index (χ0n) is 32.6. The van der Waals surface area contributed by atoms with Gasteiger partial charge in [0, 0.05) is 17.9 Å². The Bertz CT molecular complexity index is 1160. The molecule has 10 nitrogen and oxygen atoms in total. The van der Waals surface area contributed by atoms with Crippen LogP contribution in [0.5, 0.6) is 0 Å². The average molecular weight is 744 g/mol. The molecule has 0 spiro atoms. The molecule has 5 unspecified atom stereocenters. The summed E-state index contributed by atoms with van der Waals surface area (Å²) in [6, 6.07) is 2.89. The molecule has 2 saturated carbocycles. The topological polar surface area (TPSA) is 130 Å². The molecule has 14 heteroatoms. The Hall–Kier alpha value is -1.35. The van der Waals surface area contributed by atoms with E-state index in [-0.39, 0.29) is 41.8 Å². The number of ether oxygens (including phenoxy) is 3. The Kier molecular flexibility index (Phi) is 13.8. The molecule has 5 atom stereocenters. The Morgan fingerprint density at radius 1 is 0.854 bits per heavy atom. The maximum Gasteiger partial charge on any atom is 0.469 e. The van der Waals surface area contributed by atoms with Gasteiger partial charge < -0.3 is 26.6 Å². The quantitative estimate of drug-likeness (QED) is 0.0666. The van der Waals surface area contributed by atoms with E-state index in [2.05, 4.69) is 65.0 Å². The summed E-state index contributed by atoms with van der Waals surface area (Å²) in [6.07, 6.45) is 3.34. The van der Waals surface area contributed by atoms with Crippen LogP contribution in [0.3, 0.4) is 0 Å². The third-order valence-corrected chi connectivity index (χ3v) is 21.6. The van der Waals surface area contributed by atoms with Crippen molar-refractivity contribution in [1.29, 1.82) is 5.26 Å². The minimum atomic E-state index is -2.83. The van der Waals surface area contributed by atoms with Crippen LogP contribution in [0.1, 0.15) is 73.6 Å². The summed E-state index contributed by atoms with van der Waals surface area (Å²) in [6.45, 7) is 31.8. The molecule has 0 radical (unpaired) electrons. The normalized spacial score (nSPS) is 25.6. The fraction of sp³-hybridized carbons (Fsp3) is 0.882. The molecule has 48 heavy (non-hydrogen) atoms. The summed E-state index contributed by atoms with van der Waals surface area (Å²) < 4.78 is 36.4. The number of esters is 3. The lowest BCUT2D eigenvalue weighted by Gasteiger charge is -2.42. The summed E-state index contributed by atoms with van der Waals surface area (Å²) in [5, 5.41) is 9.34. The number of nitrogens with zero attached hydrogens (tertiary/aromatic N) is 1. The highest BCUT2D eigenvalue weighted by atomic mass is 28.5. The van der Waals surface area contributed by atoms with Crippen molar-refractivity contribution in [2.75, 3.05) is 13.2 Å². The Labute approximate surface area is 295 Å². The molecule has 276 valence electrons. The van der Waals surface area contributed by atoms with Gasteiger partial charge >= 0.3 is 26.7 Å². The average Bonchev–Trinajstić information content (AvgIpc) is 3.52. The molecule has 2 bridgehead atoms. The first-order chi connectivity index (χ1) is 21.7. The van der Waals surface area contributed by atoms with Gasteiger partial charge in [0.1, 0.15) is 6.10 Å². The van der Waals surface area contributed by atoms with Crippen LogP contribution in [-0.2, 0) is 40.9 Å². The second-order valence-corrected chi connectivity index (χ2v) is 35.1. The summed E-state index contributed by atoms with van der Waals surface area (Å²) >= 11 is 0. The van der Waals surface area contributed by atoms with E-state index in [1.54, 1.807) is 0 Å². The molecule has 3 rings (SSSR count). The molecule has 0 aromatic carbocycles. The zero-order valence-corrected chi connectivity index (χ0v) is 36.6. The highest BCUT2D eigenvalue weighted by Crippen LogP contribution is 2.63. The number of fused-ring (bicyclic) bond motifs is 1. The number of hydrogen-bond donors (Lipinski definition) is 0. The number of carbonyl (C=O) groups is 3. The number of carbonyl (C=O) groups excluding carboxylic acids is 3. The third kappa shape index (κ3) is 11.1. The predicted octanol–water partition coefficient (Wildman–Crippen LogP) is 7.91. The van der Waals surface area contributed by atoms with E-state index in [4.69, 9.17) is 26.6 Å². The van der Waals surface area contributed by atoms with Crippen LogP contribution in [0.4, 0.5) is 0 Å². The maximum absolute atomic E-state index is 12.2. The molecule has 1 aliphatic heterocycles. The first-order valence-corrected chi connectivity index (χ1v) is 29.9. The van der Waals surface area contributed by atoms with Crippen molar-refractivity contribution in [1.82, 2.24) is 0 Å². The van der Waals surface area contributed by atoms with E-state index in [9.17, 15) is 19.6 Å². The van der Waals surface area contributed by atoms with Gasteiger partial charge in [0.15, 0.2) is 30.4 Å². The highest BCUT2D eigenvalue weighted by molar-refractivity contribution is 6.90. The van der Waals surface area contributed by atoms with Gasteiger partial charge in [-0.05, 0) is 125 Å². The Morgan fingerprint density at radius 3 is 1.73 bits per heavy atom. The number of hydrogen-bond acceptors (Lipinski definition) is 10. The van der Waals surface area contributed by atoms with E-state index < -0.39 is 50.0 Å². The van der Waals surface area contributed by atoms with Crippen LogP contribution >= 0.6 is 0 Å². The first-order valence-electron chi connectivity index (χ1n) is 17.7. The summed E-state index contributed by atoms with van der Waals surface area (Å²) in [5.74, 6) is -0.416. The second-order valence-electron chi connectivity index (χ2n) is 18.1. The predicted molar refractivity (Wildman–Crippen MR) is 196 cm³/mol.